The van der Waals surface area contributed by atoms with Crippen LogP contribution < -0.4 is 5.73 Å². The Hall–Kier alpha value is 0.910. The lowest BCUT2D eigenvalue weighted by atomic mass is 9.83. The van der Waals surface area contributed by atoms with Gasteiger partial charge in [-0.1, -0.05) is 32.1 Å². The number of rotatable bonds is 5. The maximum Gasteiger partial charge on any atom is 0.0709 e. The van der Waals surface area contributed by atoms with Gasteiger partial charge >= 0.3 is 0 Å². The van der Waals surface area contributed by atoms with Gasteiger partial charge in [0.25, 0.3) is 0 Å². The zero-order chi connectivity index (χ0) is 12.8. The van der Waals surface area contributed by atoms with Crippen molar-refractivity contribution in [3.05, 3.63) is 0 Å². The van der Waals surface area contributed by atoms with Crippen molar-refractivity contribution in [2.24, 2.45) is 11.7 Å². The van der Waals surface area contributed by atoms with Crippen molar-refractivity contribution in [2.75, 3.05) is 11.5 Å². The molecule has 19 heavy (non-hydrogen) atoms. The van der Waals surface area contributed by atoms with Crippen molar-refractivity contribution >= 4 is 35.9 Å². The first-order valence-electron chi connectivity index (χ1n) is 7.42. The molecule has 2 rings (SSSR count). The zero-order valence-electron chi connectivity index (χ0n) is 11.6. The molecule has 0 aromatic rings. The van der Waals surface area contributed by atoms with Gasteiger partial charge in [-0.3, -0.25) is 0 Å². The zero-order valence-corrected chi connectivity index (χ0v) is 14.1. The number of aliphatic hydroxyl groups excluding tert-OH is 1. The Morgan fingerprint density at radius 2 is 1.63 bits per heavy atom. The lowest BCUT2D eigenvalue weighted by Crippen LogP contribution is -2.38. The Morgan fingerprint density at radius 3 is 2.26 bits per heavy atom. The van der Waals surface area contributed by atoms with Gasteiger partial charge in [-0.15, -0.1) is 35.9 Å². The number of aliphatic hydroxyl groups is 1. The van der Waals surface area contributed by atoms with Crippen LogP contribution in [0.4, 0.5) is 0 Å². The van der Waals surface area contributed by atoms with Crippen LogP contribution in [-0.4, -0.2) is 33.3 Å². The standard InChI is InChI=1S/C14H27NOS2.ClH/c15-12(9-11-5-2-1-3-6-11)13(16)10-14-17-7-4-8-18-14;/h11-14,16H,1-10,15H2;1H/t12-,13-;/m0./s1. The monoisotopic (exact) mass is 325 g/mol. The molecule has 1 saturated heterocycles. The third-order valence-corrected chi connectivity index (χ3v) is 7.15. The minimum atomic E-state index is -0.296. The van der Waals surface area contributed by atoms with Crippen molar-refractivity contribution < 1.29 is 5.11 Å². The van der Waals surface area contributed by atoms with E-state index >= 15 is 0 Å². The van der Waals surface area contributed by atoms with Crippen molar-refractivity contribution in [3.8, 4) is 0 Å². The molecule has 2 atom stereocenters. The molecule has 1 saturated carbocycles. The molecule has 1 heterocycles. The summed E-state index contributed by atoms with van der Waals surface area (Å²) in [6, 6.07) is -0.00349. The Labute approximate surface area is 132 Å². The smallest absolute Gasteiger partial charge is 0.0709 e. The van der Waals surface area contributed by atoms with E-state index in [2.05, 4.69) is 0 Å². The van der Waals surface area contributed by atoms with Gasteiger partial charge in [-0.05, 0) is 36.7 Å². The SMILES string of the molecule is Cl.N[C@@H](CC1CCCCC1)[C@@H](O)CC1SCCCS1. The van der Waals surface area contributed by atoms with Gasteiger partial charge in [0.15, 0.2) is 0 Å². The maximum absolute atomic E-state index is 10.2. The summed E-state index contributed by atoms with van der Waals surface area (Å²) in [5, 5.41) is 10.2. The Balaban J connectivity index is 0.00000180. The molecule has 114 valence electrons. The first kappa shape index (κ1) is 18.0. The molecule has 0 radical (unpaired) electrons. The van der Waals surface area contributed by atoms with Crippen molar-refractivity contribution in [2.45, 2.75) is 68.1 Å². The van der Waals surface area contributed by atoms with E-state index in [1.807, 2.05) is 23.5 Å². The minimum Gasteiger partial charge on any atom is -0.391 e. The minimum absolute atomic E-state index is 0. The lowest BCUT2D eigenvalue weighted by molar-refractivity contribution is 0.122. The fraction of sp³-hybridized carbons (Fsp3) is 1.00. The van der Waals surface area contributed by atoms with E-state index in [9.17, 15) is 5.11 Å². The number of hydrogen-bond acceptors (Lipinski definition) is 4. The van der Waals surface area contributed by atoms with Gasteiger partial charge in [0.1, 0.15) is 0 Å². The molecule has 5 heteroatoms. The summed E-state index contributed by atoms with van der Waals surface area (Å²) in [5.74, 6) is 3.28. The molecule has 1 aliphatic heterocycles. The van der Waals surface area contributed by atoms with Gasteiger partial charge in [0.2, 0.25) is 0 Å². The summed E-state index contributed by atoms with van der Waals surface area (Å²) in [6.45, 7) is 0. The number of nitrogens with two attached hydrogens (primary N) is 1. The molecule has 0 aromatic carbocycles. The molecule has 2 fully saturated rings. The second-order valence-corrected chi connectivity index (χ2v) is 8.65. The van der Waals surface area contributed by atoms with E-state index in [4.69, 9.17) is 5.73 Å². The third kappa shape index (κ3) is 6.47. The lowest BCUT2D eigenvalue weighted by Gasteiger charge is -2.29. The molecule has 1 aliphatic carbocycles. The molecular formula is C14H28ClNOS2. The first-order valence-corrected chi connectivity index (χ1v) is 9.52. The fourth-order valence-corrected chi connectivity index (χ4v) is 5.97. The van der Waals surface area contributed by atoms with E-state index in [1.54, 1.807) is 0 Å². The van der Waals surface area contributed by atoms with Crippen molar-refractivity contribution in [1.29, 1.82) is 0 Å². The molecule has 0 aromatic heterocycles. The predicted molar refractivity (Wildman–Crippen MR) is 90.4 cm³/mol. The summed E-state index contributed by atoms with van der Waals surface area (Å²) in [6.07, 6.45) is 9.70. The highest BCUT2D eigenvalue weighted by Gasteiger charge is 2.25. The Bertz CT molecular complexity index is 209. The molecule has 3 N–H and O–H groups in total. The summed E-state index contributed by atoms with van der Waals surface area (Å²) in [4.78, 5) is 0. The second-order valence-electron chi connectivity index (χ2n) is 5.73. The summed E-state index contributed by atoms with van der Waals surface area (Å²) >= 11 is 4.00. The van der Waals surface area contributed by atoms with Gasteiger partial charge in [0, 0.05) is 6.04 Å². The summed E-state index contributed by atoms with van der Waals surface area (Å²) in [5.41, 5.74) is 6.20. The number of halogens is 1. The van der Waals surface area contributed by atoms with Crippen LogP contribution in [0.25, 0.3) is 0 Å². The van der Waals surface area contributed by atoms with Gasteiger partial charge < -0.3 is 10.8 Å². The Morgan fingerprint density at radius 1 is 1.00 bits per heavy atom. The topological polar surface area (TPSA) is 46.2 Å². The largest absolute Gasteiger partial charge is 0.391 e. The fourth-order valence-electron chi connectivity index (χ4n) is 3.01. The van der Waals surface area contributed by atoms with Gasteiger partial charge in [0.05, 0.1) is 10.7 Å². The van der Waals surface area contributed by atoms with Gasteiger partial charge in [-0.2, -0.15) is 0 Å². The molecule has 0 amide bonds. The van der Waals surface area contributed by atoms with E-state index in [0.29, 0.717) is 4.58 Å². The average molecular weight is 326 g/mol. The predicted octanol–water partition coefficient (Wildman–Crippen LogP) is 3.65. The summed E-state index contributed by atoms with van der Waals surface area (Å²) < 4.78 is 0.575. The van der Waals surface area contributed by atoms with Crippen LogP contribution in [0.5, 0.6) is 0 Å². The highest BCUT2D eigenvalue weighted by Crippen LogP contribution is 2.35. The van der Waals surface area contributed by atoms with Crippen LogP contribution in [0.1, 0.15) is 51.4 Å². The van der Waals surface area contributed by atoms with Crippen LogP contribution in [0.15, 0.2) is 0 Å². The molecule has 0 spiro atoms. The van der Waals surface area contributed by atoms with Crippen LogP contribution >= 0.6 is 35.9 Å². The van der Waals surface area contributed by atoms with Crippen LogP contribution in [0.3, 0.4) is 0 Å². The van der Waals surface area contributed by atoms with Crippen molar-refractivity contribution in [1.82, 2.24) is 0 Å². The van der Waals surface area contributed by atoms with E-state index in [0.717, 1.165) is 18.8 Å². The van der Waals surface area contributed by atoms with E-state index in [1.165, 1.54) is 50.0 Å². The van der Waals surface area contributed by atoms with Gasteiger partial charge in [-0.25, -0.2) is 0 Å². The Kier molecular flexibility index (Phi) is 9.24. The van der Waals surface area contributed by atoms with Crippen LogP contribution in [0, 0.1) is 5.92 Å². The second kappa shape index (κ2) is 9.78. The molecule has 0 bridgehead atoms. The third-order valence-electron chi connectivity index (χ3n) is 4.15. The quantitative estimate of drug-likeness (QED) is 0.810. The van der Waals surface area contributed by atoms with E-state index in [-0.39, 0.29) is 24.6 Å². The molecular weight excluding hydrogens is 298 g/mol. The highest BCUT2D eigenvalue weighted by atomic mass is 35.5. The van der Waals surface area contributed by atoms with Crippen LogP contribution in [-0.2, 0) is 0 Å². The number of hydrogen-bond donors (Lipinski definition) is 2. The summed E-state index contributed by atoms with van der Waals surface area (Å²) in [7, 11) is 0. The average Bonchev–Trinajstić information content (AvgIpc) is 2.41. The molecule has 2 nitrogen and oxygen atoms in total. The molecule has 0 unspecified atom stereocenters. The van der Waals surface area contributed by atoms with Crippen molar-refractivity contribution in [3.63, 3.8) is 0 Å². The highest BCUT2D eigenvalue weighted by molar-refractivity contribution is 8.17. The molecule has 2 aliphatic rings. The normalized spacial score (nSPS) is 25.6. The van der Waals surface area contributed by atoms with E-state index < -0.39 is 0 Å². The number of thioether (sulfide) groups is 2. The first-order chi connectivity index (χ1) is 8.75. The van der Waals surface area contributed by atoms with Crippen LogP contribution in [0.2, 0.25) is 0 Å². The maximum atomic E-state index is 10.2.